The Bertz CT molecular complexity index is 453. The molecule has 1 amide bonds. The zero-order valence-corrected chi connectivity index (χ0v) is 13.1. The average molecular weight is 291 g/mol. The highest BCUT2D eigenvalue weighted by molar-refractivity contribution is 5.84. The van der Waals surface area contributed by atoms with Gasteiger partial charge in [0, 0.05) is 17.4 Å². The van der Waals surface area contributed by atoms with E-state index in [1.54, 1.807) is 0 Å². The van der Waals surface area contributed by atoms with Gasteiger partial charge in [0.25, 0.3) is 0 Å². The van der Waals surface area contributed by atoms with Gasteiger partial charge in [0.05, 0.1) is 7.11 Å². The van der Waals surface area contributed by atoms with Crippen LogP contribution >= 0.6 is 0 Å². The van der Waals surface area contributed by atoms with E-state index in [2.05, 4.69) is 34.2 Å². The third-order valence-corrected chi connectivity index (χ3v) is 4.18. The number of nitrogens with zero attached hydrogens (tertiary/aromatic N) is 1. The second-order valence-electron chi connectivity index (χ2n) is 5.77. The van der Waals surface area contributed by atoms with Gasteiger partial charge < -0.3 is 15.0 Å². The molecule has 116 valence electrons. The first-order chi connectivity index (χ1) is 10.1. The van der Waals surface area contributed by atoms with Gasteiger partial charge >= 0.3 is 6.09 Å². The van der Waals surface area contributed by atoms with Crippen molar-refractivity contribution in [3.63, 3.8) is 0 Å². The summed E-state index contributed by atoms with van der Waals surface area (Å²) in [6.45, 7) is 4.61. The summed E-state index contributed by atoms with van der Waals surface area (Å²) in [4.78, 5) is 13.5. The zero-order chi connectivity index (χ0) is 15.2. The second kappa shape index (κ2) is 7.31. The molecule has 1 heterocycles. The normalized spacial score (nSPS) is 18.0. The van der Waals surface area contributed by atoms with Gasteiger partial charge in [-0.25, -0.2) is 4.79 Å². The predicted molar refractivity (Wildman–Crippen MR) is 85.8 cm³/mol. The molecule has 1 fully saturated rings. The van der Waals surface area contributed by atoms with Crippen molar-refractivity contribution in [1.82, 2.24) is 4.90 Å². The average Bonchev–Trinajstić information content (AvgIpc) is 2.49. The summed E-state index contributed by atoms with van der Waals surface area (Å²) in [5.41, 5.74) is 1.82. The van der Waals surface area contributed by atoms with Crippen molar-refractivity contribution in [2.45, 2.75) is 25.8 Å². The van der Waals surface area contributed by atoms with Crippen LogP contribution in [0.15, 0.2) is 24.3 Å². The Morgan fingerprint density at radius 3 is 2.38 bits per heavy atom. The van der Waals surface area contributed by atoms with Gasteiger partial charge in [0.15, 0.2) is 0 Å². The SMILES string of the molecule is COC(=O)Nc1ccc(NC(C)C2CCN(C)CC2)cc1. The lowest BCUT2D eigenvalue weighted by atomic mass is 9.90. The van der Waals surface area contributed by atoms with Gasteiger partial charge in [-0.2, -0.15) is 0 Å². The lowest BCUT2D eigenvalue weighted by molar-refractivity contribution is 0.187. The van der Waals surface area contributed by atoms with Gasteiger partial charge in [0.2, 0.25) is 0 Å². The molecule has 0 aliphatic carbocycles. The number of hydrogen-bond donors (Lipinski definition) is 2. The molecule has 1 saturated heterocycles. The summed E-state index contributed by atoms with van der Waals surface area (Å²) in [7, 11) is 3.54. The first-order valence-electron chi connectivity index (χ1n) is 7.48. The summed E-state index contributed by atoms with van der Waals surface area (Å²) in [6.07, 6.45) is 2.04. The Kier molecular flexibility index (Phi) is 5.44. The van der Waals surface area contributed by atoms with Crippen LogP contribution < -0.4 is 10.6 Å². The monoisotopic (exact) mass is 291 g/mol. The van der Waals surface area contributed by atoms with E-state index in [0.717, 1.165) is 11.4 Å². The largest absolute Gasteiger partial charge is 0.453 e. The molecule has 5 heteroatoms. The summed E-state index contributed by atoms with van der Waals surface area (Å²) >= 11 is 0. The third kappa shape index (κ3) is 4.63. The molecule has 2 N–H and O–H groups in total. The number of methoxy groups -OCH3 is 1. The van der Waals surface area contributed by atoms with Gasteiger partial charge in [-0.3, -0.25) is 5.32 Å². The van der Waals surface area contributed by atoms with Crippen molar-refractivity contribution in [3.8, 4) is 0 Å². The van der Waals surface area contributed by atoms with Crippen molar-refractivity contribution in [2.75, 3.05) is 37.9 Å². The summed E-state index contributed by atoms with van der Waals surface area (Å²) < 4.78 is 4.57. The van der Waals surface area contributed by atoms with E-state index in [0.29, 0.717) is 12.0 Å². The fourth-order valence-corrected chi connectivity index (χ4v) is 2.73. The predicted octanol–water partition coefficient (Wildman–Crippen LogP) is 3.01. The van der Waals surface area contributed by atoms with Crippen LogP contribution in [0, 0.1) is 5.92 Å². The molecule has 1 unspecified atom stereocenters. The van der Waals surface area contributed by atoms with E-state index >= 15 is 0 Å². The van der Waals surface area contributed by atoms with E-state index < -0.39 is 6.09 Å². The van der Waals surface area contributed by atoms with E-state index in [-0.39, 0.29) is 0 Å². The fraction of sp³-hybridized carbons (Fsp3) is 0.562. The molecule has 0 radical (unpaired) electrons. The van der Waals surface area contributed by atoms with Crippen LogP contribution in [0.1, 0.15) is 19.8 Å². The number of benzene rings is 1. The van der Waals surface area contributed by atoms with Crippen molar-refractivity contribution in [3.05, 3.63) is 24.3 Å². The summed E-state index contributed by atoms with van der Waals surface area (Å²) in [5, 5.41) is 6.20. The molecule has 2 rings (SSSR count). The van der Waals surface area contributed by atoms with Crippen LogP contribution in [0.2, 0.25) is 0 Å². The summed E-state index contributed by atoms with van der Waals surface area (Å²) in [5.74, 6) is 0.717. The molecule has 21 heavy (non-hydrogen) atoms. The fourth-order valence-electron chi connectivity index (χ4n) is 2.73. The van der Waals surface area contributed by atoms with E-state index in [9.17, 15) is 4.79 Å². The summed E-state index contributed by atoms with van der Waals surface area (Å²) in [6, 6.07) is 8.17. The Labute approximate surface area is 126 Å². The van der Waals surface area contributed by atoms with Crippen LogP contribution in [0.5, 0.6) is 0 Å². The minimum absolute atomic E-state index is 0.449. The molecule has 1 aromatic rings. The smallest absolute Gasteiger partial charge is 0.411 e. The number of rotatable bonds is 4. The number of piperidine rings is 1. The van der Waals surface area contributed by atoms with Crippen LogP contribution in [-0.2, 0) is 4.74 Å². The van der Waals surface area contributed by atoms with Crippen molar-refractivity contribution in [1.29, 1.82) is 0 Å². The Morgan fingerprint density at radius 2 is 1.81 bits per heavy atom. The molecular weight excluding hydrogens is 266 g/mol. The number of amides is 1. The second-order valence-corrected chi connectivity index (χ2v) is 5.77. The first-order valence-corrected chi connectivity index (χ1v) is 7.48. The van der Waals surface area contributed by atoms with E-state index in [1.807, 2.05) is 24.3 Å². The van der Waals surface area contributed by atoms with Gasteiger partial charge in [-0.05, 0) is 70.1 Å². The van der Waals surface area contributed by atoms with Gasteiger partial charge in [-0.1, -0.05) is 0 Å². The Hall–Kier alpha value is -1.75. The molecule has 0 spiro atoms. The van der Waals surface area contributed by atoms with Crippen molar-refractivity contribution >= 4 is 17.5 Å². The van der Waals surface area contributed by atoms with Gasteiger partial charge in [-0.15, -0.1) is 0 Å². The molecule has 0 saturated carbocycles. The zero-order valence-electron chi connectivity index (χ0n) is 13.1. The van der Waals surface area contributed by atoms with E-state index in [4.69, 9.17) is 0 Å². The minimum atomic E-state index is -0.449. The maximum atomic E-state index is 11.1. The minimum Gasteiger partial charge on any atom is -0.453 e. The van der Waals surface area contributed by atoms with Crippen LogP contribution in [0.4, 0.5) is 16.2 Å². The van der Waals surface area contributed by atoms with Crippen molar-refractivity contribution < 1.29 is 9.53 Å². The number of nitrogens with one attached hydrogen (secondary N) is 2. The number of carbonyl (C=O) groups is 1. The Balaban J connectivity index is 1.86. The molecule has 1 aromatic carbocycles. The van der Waals surface area contributed by atoms with Crippen LogP contribution in [-0.4, -0.2) is 44.3 Å². The highest BCUT2D eigenvalue weighted by Crippen LogP contribution is 2.23. The highest BCUT2D eigenvalue weighted by atomic mass is 16.5. The third-order valence-electron chi connectivity index (χ3n) is 4.18. The number of hydrogen-bond acceptors (Lipinski definition) is 4. The number of carbonyl (C=O) groups excluding carboxylic acids is 1. The molecule has 0 aromatic heterocycles. The number of anilines is 2. The standard InChI is InChI=1S/C16H25N3O2/c1-12(13-8-10-19(2)11-9-13)17-14-4-6-15(7-5-14)18-16(20)21-3/h4-7,12-13,17H,8-11H2,1-3H3,(H,18,20). The van der Waals surface area contributed by atoms with Gasteiger partial charge in [0.1, 0.15) is 0 Å². The lowest BCUT2D eigenvalue weighted by Crippen LogP contribution is -2.37. The highest BCUT2D eigenvalue weighted by Gasteiger charge is 2.21. The topological polar surface area (TPSA) is 53.6 Å². The number of likely N-dealkylation sites (tertiary alicyclic amines) is 1. The molecular formula is C16H25N3O2. The molecule has 0 bridgehead atoms. The maximum absolute atomic E-state index is 11.1. The van der Waals surface area contributed by atoms with Crippen LogP contribution in [0.25, 0.3) is 0 Å². The molecule has 1 atom stereocenters. The van der Waals surface area contributed by atoms with Crippen molar-refractivity contribution in [2.24, 2.45) is 5.92 Å². The van der Waals surface area contributed by atoms with E-state index in [1.165, 1.54) is 33.0 Å². The number of ether oxygens (including phenoxy) is 1. The molecule has 1 aliphatic rings. The Morgan fingerprint density at radius 1 is 1.24 bits per heavy atom. The lowest BCUT2D eigenvalue weighted by Gasteiger charge is -2.33. The quantitative estimate of drug-likeness (QED) is 0.895. The molecule has 5 nitrogen and oxygen atoms in total. The molecule has 1 aliphatic heterocycles. The van der Waals surface area contributed by atoms with Crippen LogP contribution in [0.3, 0.4) is 0 Å². The maximum Gasteiger partial charge on any atom is 0.411 e. The first kappa shape index (κ1) is 15.6.